The predicted octanol–water partition coefficient (Wildman–Crippen LogP) is 0.170. The highest BCUT2D eigenvalue weighted by molar-refractivity contribution is 7.99. The van der Waals surface area contributed by atoms with Gasteiger partial charge in [-0.25, -0.2) is 0 Å². The summed E-state index contributed by atoms with van der Waals surface area (Å²) in [6, 6.07) is 2.77. The number of nitro benzene ring substituents is 1. The molecule has 1 atom stereocenters. The van der Waals surface area contributed by atoms with Gasteiger partial charge in [0.2, 0.25) is 5.91 Å². The number of nitrogen functional groups attached to an aromatic ring is 1. The Morgan fingerprint density at radius 3 is 2.78 bits per heavy atom. The van der Waals surface area contributed by atoms with Gasteiger partial charge in [0.05, 0.1) is 23.3 Å². The Balaban J connectivity index is 2.89. The van der Waals surface area contributed by atoms with Crippen molar-refractivity contribution in [1.29, 1.82) is 0 Å². The molecular weight excluding hydrogens is 324 g/mol. The average molecular weight is 344 g/mol. The van der Waals surface area contributed by atoms with Crippen molar-refractivity contribution in [3.05, 3.63) is 22.2 Å². The van der Waals surface area contributed by atoms with E-state index in [9.17, 15) is 20.0 Å². The zero-order valence-electron chi connectivity index (χ0n) is 12.6. The summed E-state index contributed by atoms with van der Waals surface area (Å²) in [5, 5.41) is 34.7. The molecule has 9 nitrogen and oxygen atoms in total. The van der Waals surface area contributed by atoms with Crippen LogP contribution in [-0.2, 0) is 4.79 Å². The van der Waals surface area contributed by atoms with Gasteiger partial charge in [-0.2, -0.15) is 0 Å². The van der Waals surface area contributed by atoms with Crippen LogP contribution in [0.15, 0.2) is 17.0 Å². The van der Waals surface area contributed by atoms with E-state index >= 15 is 0 Å². The van der Waals surface area contributed by atoms with Crippen LogP contribution in [0.3, 0.4) is 0 Å². The van der Waals surface area contributed by atoms with Crippen LogP contribution in [-0.4, -0.2) is 52.6 Å². The van der Waals surface area contributed by atoms with Gasteiger partial charge < -0.3 is 26.6 Å². The van der Waals surface area contributed by atoms with E-state index in [1.54, 1.807) is 0 Å². The lowest BCUT2D eigenvalue weighted by Gasteiger charge is -2.15. The molecule has 0 heterocycles. The highest BCUT2D eigenvalue weighted by Gasteiger charge is 2.17. The lowest BCUT2D eigenvalue weighted by molar-refractivity contribution is -0.383. The molecule has 10 heteroatoms. The Kier molecular flexibility index (Phi) is 7.59. The van der Waals surface area contributed by atoms with E-state index < -0.39 is 17.6 Å². The van der Waals surface area contributed by atoms with E-state index in [2.05, 4.69) is 10.6 Å². The van der Waals surface area contributed by atoms with Crippen LogP contribution in [0.25, 0.3) is 0 Å². The molecule has 0 aliphatic heterocycles. The van der Waals surface area contributed by atoms with E-state index in [1.165, 1.54) is 30.8 Å². The maximum Gasteiger partial charge on any atom is 0.294 e. The minimum atomic E-state index is -0.983. The minimum absolute atomic E-state index is 0.0327. The second-order valence-electron chi connectivity index (χ2n) is 4.71. The van der Waals surface area contributed by atoms with Crippen LogP contribution in [0.4, 0.5) is 17.1 Å². The summed E-state index contributed by atoms with van der Waals surface area (Å²) >= 11 is 1.36. The van der Waals surface area contributed by atoms with Gasteiger partial charge in [0.1, 0.15) is 5.69 Å². The maximum absolute atomic E-state index is 11.0. The molecule has 23 heavy (non-hydrogen) atoms. The number of nitrogens with one attached hydrogen (secondary N) is 2. The van der Waals surface area contributed by atoms with Crippen molar-refractivity contribution >= 4 is 34.7 Å². The lowest BCUT2D eigenvalue weighted by atomic mass is 10.2. The Morgan fingerprint density at radius 1 is 1.52 bits per heavy atom. The van der Waals surface area contributed by atoms with Gasteiger partial charge in [0.15, 0.2) is 0 Å². The third-order valence-corrected chi connectivity index (χ3v) is 3.86. The third-order valence-electron chi connectivity index (χ3n) is 2.80. The number of rotatable bonds is 9. The topological polar surface area (TPSA) is 151 Å². The molecule has 0 aliphatic rings. The molecule has 0 bridgehead atoms. The molecule has 0 radical (unpaired) electrons. The molecule has 6 N–H and O–H groups in total. The monoisotopic (exact) mass is 344 g/mol. The fraction of sp³-hybridized carbons (Fsp3) is 0.462. The number of aliphatic hydroxyl groups excluding tert-OH is 2. The number of nitrogens with zero attached hydrogens (tertiary/aromatic N) is 1. The Labute approximate surface area is 137 Å². The van der Waals surface area contributed by atoms with E-state index in [0.29, 0.717) is 22.9 Å². The molecule has 128 valence electrons. The molecule has 0 aliphatic carbocycles. The van der Waals surface area contributed by atoms with Crippen molar-refractivity contribution < 1.29 is 19.9 Å². The van der Waals surface area contributed by atoms with Crippen LogP contribution >= 0.6 is 11.8 Å². The van der Waals surface area contributed by atoms with Gasteiger partial charge in [-0.3, -0.25) is 14.9 Å². The van der Waals surface area contributed by atoms with Gasteiger partial charge in [-0.1, -0.05) is 0 Å². The van der Waals surface area contributed by atoms with Gasteiger partial charge in [-0.05, 0) is 6.07 Å². The number of aliphatic hydroxyl groups is 2. The molecule has 0 saturated carbocycles. The number of nitrogens with two attached hydrogens (primary N) is 1. The molecule has 1 amide bonds. The zero-order chi connectivity index (χ0) is 17.4. The van der Waals surface area contributed by atoms with E-state index in [-0.39, 0.29) is 23.8 Å². The van der Waals surface area contributed by atoms with Crippen molar-refractivity contribution in [1.82, 2.24) is 5.32 Å². The summed E-state index contributed by atoms with van der Waals surface area (Å²) in [6.45, 7) is 1.47. The smallest absolute Gasteiger partial charge is 0.294 e. The minimum Gasteiger partial charge on any atom is -0.394 e. The van der Waals surface area contributed by atoms with E-state index in [0.717, 1.165) is 0 Å². The molecule has 0 fully saturated rings. The second kappa shape index (κ2) is 9.18. The number of nitro groups is 1. The molecule has 0 spiro atoms. The number of anilines is 2. The van der Waals surface area contributed by atoms with Gasteiger partial charge in [-0.15, -0.1) is 11.8 Å². The first-order valence-electron chi connectivity index (χ1n) is 6.83. The van der Waals surface area contributed by atoms with Crippen LogP contribution in [0, 0.1) is 10.1 Å². The van der Waals surface area contributed by atoms with Crippen molar-refractivity contribution in [2.24, 2.45) is 0 Å². The first-order chi connectivity index (χ1) is 10.8. The number of carbonyl (C=O) groups is 1. The molecule has 1 rings (SSSR count). The summed E-state index contributed by atoms with van der Waals surface area (Å²) in [5.41, 5.74) is 5.91. The van der Waals surface area contributed by atoms with Gasteiger partial charge >= 0.3 is 0 Å². The van der Waals surface area contributed by atoms with Crippen molar-refractivity contribution in [2.45, 2.75) is 17.9 Å². The van der Waals surface area contributed by atoms with Gasteiger partial charge in [0.25, 0.3) is 5.69 Å². The van der Waals surface area contributed by atoms with Crippen LogP contribution in [0.5, 0.6) is 0 Å². The average Bonchev–Trinajstić information content (AvgIpc) is 2.49. The second-order valence-corrected chi connectivity index (χ2v) is 5.85. The lowest BCUT2D eigenvalue weighted by Crippen LogP contribution is -2.23. The highest BCUT2D eigenvalue weighted by Crippen LogP contribution is 2.35. The van der Waals surface area contributed by atoms with Crippen molar-refractivity contribution in [3.63, 3.8) is 0 Å². The van der Waals surface area contributed by atoms with Gasteiger partial charge in [0, 0.05) is 36.7 Å². The molecule has 1 aromatic rings. The molecule has 0 aromatic heterocycles. The number of amides is 1. The first-order valence-corrected chi connectivity index (χ1v) is 7.81. The number of benzene rings is 1. The third kappa shape index (κ3) is 6.30. The van der Waals surface area contributed by atoms with Crippen LogP contribution in [0.1, 0.15) is 6.92 Å². The quantitative estimate of drug-likeness (QED) is 0.140. The van der Waals surface area contributed by atoms with E-state index in [4.69, 9.17) is 10.8 Å². The number of carbonyl (C=O) groups excluding carboxylic acids is 1. The molecule has 1 unspecified atom stereocenters. The summed E-state index contributed by atoms with van der Waals surface area (Å²) in [4.78, 5) is 21.9. The summed E-state index contributed by atoms with van der Waals surface area (Å²) < 4.78 is 0. The molecular formula is C13H20N4O5S. The van der Waals surface area contributed by atoms with Crippen LogP contribution < -0.4 is 16.4 Å². The van der Waals surface area contributed by atoms with Crippen LogP contribution in [0.2, 0.25) is 0 Å². The standard InChI is InChI=1S/C13H20N4O5S/c1-8(19)15-2-3-23-13-4-10(14)12(17(21)22)5-11(13)16-6-9(20)7-18/h4-5,9,16,18,20H,2-3,6-7,14H2,1H3,(H,15,19). The van der Waals surface area contributed by atoms with Crippen molar-refractivity contribution in [2.75, 3.05) is 36.5 Å². The summed E-state index contributed by atoms with van der Waals surface area (Å²) in [7, 11) is 0. The Bertz CT molecular complexity index is 570. The Hall–Kier alpha value is -2.04. The summed E-state index contributed by atoms with van der Waals surface area (Å²) in [5.74, 6) is 0.409. The molecule has 1 aromatic carbocycles. The SMILES string of the molecule is CC(=O)NCCSc1cc(N)c([N+](=O)[O-])cc1NCC(O)CO. The number of hydrogen-bond donors (Lipinski definition) is 5. The Morgan fingerprint density at radius 2 is 2.22 bits per heavy atom. The zero-order valence-corrected chi connectivity index (χ0v) is 13.4. The highest BCUT2D eigenvalue weighted by atomic mass is 32.2. The maximum atomic E-state index is 11.0. The number of hydrogen-bond acceptors (Lipinski definition) is 8. The summed E-state index contributed by atoms with van der Waals surface area (Å²) in [6.07, 6.45) is -0.983. The fourth-order valence-corrected chi connectivity index (χ4v) is 2.60. The fourth-order valence-electron chi connectivity index (χ4n) is 1.68. The normalized spacial score (nSPS) is 11.8. The predicted molar refractivity (Wildman–Crippen MR) is 88.5 cm³/mol. The largest absolute Gasteiger partial charge is 0.394 e. The van der Waals surface area contributed by atoms with Crippen molar-refractivity contribution in [3.8, 4) is 0 Å². The number of thioether (sulfide) groups is 1. The first kappa shape index (κ1) is 19.0. The van der Waals surface area contributed by atoms with E-state index in [1.807, 2.05) is 0 Å². The molecule has 0 saturated heterocycles.